The Kier molecular flexibility index (Phi) is 5.29. The molecule has 2 heterocycles. The number of pyridine rings is 1. The van der Waals surface area contributed by atoms with Gasteiger partial charge >= 0.3 is 0 Å². The van der Waals surface area contributed by atoms with Gasteiger partial charge in [-0.05, 0) is 42.0 Å². The topological polar surface area (TPSA) is 50.3 Å². The highest BCUT2D eigenvalue weighted by atomic mass is 32.2. The molecule has 4 nitrogen and oxygen atoms in total. The summed E-state index contributed by atoms with van der Waals surface area (Å²) in [7, 11) is -3.54. The molecule has 0 unspecified atom stereocenters. The lowest BCUT2D eigenvalue weighted by atomic mass is 10.0. The molecule has 3 aromatic rings. The Morgan fingerprint density at radius 2 is 1.39 bits per heavy atom. The Morgan fingerprint density at radius 1 is 0.786 bits per heavy atom. The normalized spacial score (nSPS) is 16.2. The zero-order valence-corrected chi connectivity index (χ0v) is 16.8. The number of benzene rings is 2. The number of nitrogens with zero attached hydrogens (tertiary/aromatic N) is 2. The van der Waals surface area contributed by atoms with E-state index in [1.54, 1.807) is 16.4 Å². The molecule has 1 fully saturated rings. The van der Waals surface area contributed by atoms with E-state index in [9.17, 15) is 8.42 Å². The van der Waals surface area contributed by atoms with Crippen LogP contribution in [0.15, 0.2) is 77.8 Å². The minimum Gasteiger partial charge on any atom is -0.235 e. The first-order valence-electron chi connectivity index (χ1n) is 9.67. The average Bonchev–Trinajstić information content (AvgIpc) is 2.75. The molecule has 1 aliphatic rings. The minimum absolute atomic E-state index is 0.131. The maximum absolute atomic E-state index is 13.0. The molecule has 0 radical (unpaired) electrons. The molecule has 0 bridgehead atoms. The van der Waals surface area contributed by atoms with Gasteiger partial charge in [-0.3, -0.25) is 0 Å². The van der Waals surface area contributed by atoms with Crippen LogP contribution < -0.4 is 0 Å². The molecule has 0 saturated carbocycles. The maximum atomic E-state index is 13.0. The fourth-order valence-corrected chi connectivity index (χ4v) is 4.96. The van der Waals surface area contributed by atoms with E-state index in [-0.39, 0.29) is 5.03 Å². The third-order valence-electron chi connectivity index (χ3n) is 5.36. The summed E-state index contributed by atoms with van der Waals surface area (Å²) in [6.45, 7) is 3.31. The van der Waals surface area contributed by atoms with Crippen molar-refractivity contribution in [3.05, 3.63) is 72.8 Å². The first-order valence-corrected chi connectivity index (χ1v) is 11.1. The molecule has 0 atom stereocenters. The Morgan fingerprint density at radius 3 is 2.07 bits per heavy atom. The van der Waals surface area contributed by atoms with E-state index in [0.717, 1.165) is 29.5 Å². The zero-order chi connectivity index (χ0) is 19.6. The predicted molar refractivity (Wildman–Crippen MR) is 112 cm³/mol. The van der Waals surface area contributed by atoms with Gasteiger partial charge in [0.05, 0.1) is 5.69 Å². The maximum Gasteiger partial charge on any atom is 0.260 e. The summed E-state index contributed by atoms with van der Waals surface area (Å²) in [5, 5.41) is 0.131. The molecule has 5 heteroatoms. The van der Waals surface area contributed by atoms with Crippen LogP contribution in [0.4, 0.5) is 0 Å². The minimum atomic E-state index is -3.54. The van der Waals surface area contributed by atoms with Crippen LogP contribution in [0.5, 0.6) is 0 Å². The molecule has 28 heavy (non-hydrogen) atoms. The van der Waals surface area contributed by atoms with Crippen LogP contribution >= 0.6 is 0 Å². The Bertz CT molecular complexity index is 1040. The van der Waals surface area contributed by atoms with E-state index in [0.29, 0.717) is 24.7 Å². The molecular weight excluding hydrogens is 368 g/mol. The van der Waals surface area contributed by atoms with Crippen molar-refractivity contribution in [2.75, 3.05) is 13.1 Å². The second kappa shape index (κ2) is 7.86. The number of piperidine rings is 1. The summed E-state index contributed by atoms with van der Waals surface area (Å²) in [6.07, 6.45) is 1.81. The lowest BCUT2D eigenvalue weighted by molar-refractivity contribution is 0.287. The highest BCUT2D eigenvalue weighted by Crippen LogP contribution is 2.26. The molecule has 144 valence electrons. The van der Waals surface area contributed by atoms with Crippen LogP contribution in [0.25, 0.3) is 22.4 Å². The first-order chi connectivity index (χ1) is 13.5. The number of rotatable bonds is 4. The molecule has 4 rings (SSSR count). The third-order valence-corrected chi connectivity index (χ3v) is 7.16. The third kappa shape index (κ3) is 3.86. The van der Waals surface area contributed by atoms with Crippen LogP contribution in [0.2, 0.25) is 0 Å². The molecule has 1 aromatic heterocycles. The quantitative estimate of drug-likeness (QED) is 0.639. The highest BCUT2D eigenvalue weighted by molar-refractivity contribution is 7.89. The van der Waals surface area contributed by atoms with Gasteiger partial charge in [-0.1, -0.05) is 67.6 Å². The van der Waals surface area contributed by atoms with Gasteiger partial charge in [0.15, 0.2) is 5.03 Å². The van der Waals surface area contributed by atoms with Gasteiger partial charge in [-0.25, -0.2) is 13.4 Å². The van der Waals surface area contributed by atoms with Gasteiger partial charge in [0.25, 0.3) is 10.0 Å². The molecule has 0 spiro atoms. The van der Waals surface area contributed by atoms with Gasteiger partial charge in [0.1, 0.15) is 0 Å². The summed E-state index contributed by atoms with van der Waals surface area (Å²) in [4.78, 5) is 4.48. The van der Waals surface area contributed by atoms with E-state index < -0.39 is 10.0 Å². The molecule has 1 aliphatic heterocycles. The fourth-order valence-electron chi connectivity index (χ4n) is 3.54. The van der Waals surface area contributed by atoms with Crippen molar-refractivity contribution in [2.45, 2.75) is 24.8 Å². The largest absolute Gasteiger partial charge is 0.260 e. The number of hydrogen-bond donors (Lipinski definition) is 0. The Hall–Kier alpha value is -2.50. The van der Waals surface area contributed by atoms with Crippen LogP contribution in [-0.4, -0.2) is 30.8 Å². The average molecular weight is 393 g/mol. The zero-order valence-electron chi connectivity index (χ0n) is 16.0. The molecule has 0 N–H and O–H groups in total. The second-order valence-electron chi connectivity index (χ2n) is 7.39. The monoisotopic (exact) mass is 392 g/mol. The van der Waals surface area contributed by atoms with Crippen molar-refractivity contribution in [1.29, 1.82) is 0 Å². The van der Waals surface area contributed by atoms with Crippen LogP contribution in [0.3, 0.4) is 0 Å². The van der Waals surface area contributed by atoms with Gasteiger partial charge in [-0.2, -0.15) is 4.31 Å². The van der Waals surface area contributed by atoms with Crippen LogP contribution in [0, 0.1) is 5.92 Å². The highest BCUT2D eigenvalue weighted by Gasteiger charge is 2.29. The van der Waals surface area contributed by atoms with E-state index in [2.05, 4.69) is 24.0 Å². The van der Waals surface area contributed by atoms with Crippen molar-refractivity contribution in [2.24, 2.45) is 5.92 Å². The standard InChI is InChI=1S/C23H24N2O2S/c1-18-14-16-25(17-15-18)28(26,27)23-9-5-8-22(24-23)21-12-10-20(11-13-21)19-6-3-2-4-7-19/h2-13,18H,14-17H2,1H3. The molecule has 1 saturated heterocycles. The second-order valence-corrected chi connectivity index (χ2v) is 9.28. The number of hydrogen-bond acceptors (Lipinski definition) is 3. The van der Waals surface area contributed by atoms with E-state index >= 15 is 0 Å². The number of aromatic nitrogens is 1. The lowest BCUT2D eigenvalue weighted by Crippen LogP contribution is -2.38. The lowest BCUT2D eigenvalue weighted by Gasteiger charge is -2.29. The fraction of sp³-hybridized carbons (Fsp3) is 0.261. The molecular formula is C23H24N2O2S. The molecule has 0 amide bonds. The summed E-state index contributed by atoms with van der Waals surface area (Å²) in [6, 6.07) is 23.4. The van der Waals surface area contributed by atoms with Crippen molar-refractivity contribution >= 4 is 10.0 Å². The molecule has 0 aliphatic carbocycles. The van der Waals surface area contributed by atoms with Gasteiger partial charge in [0.2, 0.25) is 0 Å². The van der Waals surface area contributed by atoms with Crippen LogP contribution in [-0.2, 0) is 10.0 Å². The van der Waals surface area contributed by atoms with Crippen molar-refractivity contribution in [3.8, 4) is 22.4 Å². The van der Waals surface area contributed by atoms with Crippen molar-refractivity contribution < 1.29 is 8.42 Å². The summed E-state index contributed by atoms with van der Waals surface area (Å²) in [5.41, 5.74) is 3.85. The number of sulfonamides is 1. The summed E-state index contributed by atoms with van der Waals surface area (Å²) in [5.74, 6) is 0.578. The SMILES string of the molecule is CC1CCN(S(=O)(=O)c2cccc(-c3ccc(-c4ccccc4)cc3)n2)CC1. The van der Waals surface area contributed by atoms with E-state index in [1.807, 2.05) is 48.5 Å². The van der Waals surface area contributed by atoms with Gasteiger partial charge < -0.3 is 0 Å². The Balaban J connectivity index is 1.60. The van der Waals surface area contributed by atoms with Gasteiger partial charge in [0, 0.05) is 18.7 Å². The van der Waals surface area contributed by atoms with E-state index in [4.69, 9.17) is 0 Å². The Labute approximate surface area is 166 Å². The summed E-state index contributed by atoms with van der Waals surface area (Å²) >= 11 is 0. The van der Waals surface area contributed by atoms with Gasteiger partial charge in [-0.15, -0.1) is 0 Å². The van der Waals surface area contributed by atoms with Crippen molar-refractivity contribution in [3.63, 3.8) is 0 Å². The summed E-state index contributed by atoms with van der Waals surface area (Å²) < 4.78 is 27.5. The smallest absolute Gasteiger partial charge is 0.235 e. The predicted octanol–water partition coefficient (Wildman–Crippen LogP) is 4.84. The van der Waals surface area contributed by atoms with E-state index in [1.165, 1.54) is 0 Å². The van der Waals surface area contributed by atoms with Crippen LogP contribution in [0.1, 0.15) is 19.8 Å². The molecule has 2 aromatic carbocycles. The first kappa shape index (κ1) is 18.8. The van der Waals surface area contributed by atoms with Crippen molar-refractivity contribution in [1.82, 2.24) is 9.29 Å².